The zero-order valence-corrected chi connectivity index (χ0v) is 10.0. The van der Waals surface area contributed by atoms with Crippen molar-refractivity contribution in [2.24, 2.45) is 0 Å². The van der Waals surface area contributed by atoms with Crippen molar-refractivity contribution < 1.29 is 4.79 Å². The van der Waals surface area contributed by atoms with Gasteiger partial charge in [0.2, 0.25) is 0 Å². The Kier molecular flexibility index (Phi) is 3.49. The second-order valence-corrected chi connectivity index (χ2v) is 5.44. The maximum absolute atomic E-state index is 10.8. The Morgan fingerprint density at radius 1 is 1.47 bits per heavy atom. The Balaban J connectivity index is 2.15. The number of carbonyl (C=O) groups is 1. The van der Waals surface area contributed by atoms with Gasteiger partial charge in [0.15, 0.2) is 0 Å². The van der Waals surface area contributed by atoms with Crippen LogP contribution in [0.2, 0.25) is 0 Å². The van der Waals surface area contributed by atoms with Gasteiger partial charge >= 0.3 is 0 Å². The Morgan fingerprint density at radius 3 is 3.00 bits per heavy atom. The van der Waals surface area contributed by atoms with Gasteiger partial charge in [-0.2, -0.15) is 11.8 Å². The van der Waals surface area contributed by atoms with Gasteiger partial charge in [0.05, 0.1) is 0 Å². The van der Waals surface area contributed by atoms with E-state index in [0.29, 0.717) is 0 Å². The van der Waals surface area contributed by atoms with Crippen LogP contribution in [0.3, 0.4) is 0 Å². The normalized spacial score (nSPS) is 15.8. The SMILES string of the molecule is Cc1ccc(SC2=C(C=O)CSC2)nc1. The fraction of sp³-hybridized carbons (Fsp3) is 0.273. The summed E-state index contributed by atoms with van der Waals surface area (Å²) in [5, 5.41) is 0.970. The molecule has 0 spiro atoms. The zero-order valence-electron chi connectivity index (χ0n) is 8.40. The smallest absolute Gasteiger partial charge is 0.147 e. The summed E-state index contributed by atoms with van der Waals surface area (Å²) in [7, 11) is 0. The third-order valence-corrected chi connectivity index (χ3v) is 4.40. The number of nitrogens with zero attached hydrogens (tertiary/aromatic N) is 1. The van der Waals surface area contributed by atoms with Crippen LogP contribution >= 0.6 is 23.5 Å². The molecular weight excluding hydrogens is 226 g/mol. The average Bonchev–Trinajstić information content (AvgIpc) is 2.69. The largest absolute Gasteiger partial charge is 0.298 e. The molecule has 0 N–H and O–H groups in total. The molecule has 0 aromatic carbocycles. The van der Waals surface area contributed by atoms with Crippen LogP contribution in [0.4, 0.5) is 0 Å². The van der Waals surface area contributed by atoms with Crippen LogP contribution in [0, 0.1) is 6.92 Å². The number of pyridine rings is 1. The predicted molar refractivity (Wildman–Crippen MR) is 65.2 cm³/mol. The van der Waals surface area contributed by atoms with E-state index in [1.54, 1.807) is 23.5 Å². The van der Waals surface area contributed by atoms with Gasteiger partial charge in [-0.25, -0.2) is 4.98 Å². The highest BCUT2D eigenvalue weighted by Crippen LogP contribution is 2.35. The van der Waals surface area contributed by atoms with Gasteiger partial charge in [0.25, 0.3) is 0 Å². The van der Waals surface area contributed by atoms with Gasteiger partial charge in [0, 0.05) is 28.2 Å². The molecule has 0 fully saturated rings. The van der Waals surface area contributed by atoms with Crippen molar-refractivity contribution in [2.75, 3.05) is 11.5 Å². The van der Waals surface area contributed by atoms with E-state index in [-0.39, 0.29) is 0 Å². The van der Waals surface area contributed by atoms with Crippen molar-refractivity contribution in [2.45, 2.75) is 11.9 Å². The zero-order chi connectivity index (χ0) is 10.7. The Bertz CT molecular complexity index is 398. The third-order valence-electron chi connectivity index (χ3n) is 2.10. The molecule has 78 valence electrons. The minimum Gasteiger partial charge on any atom is -0.298 e. The molecule has 1 aliphatic heterocycles. The number of aldehydes is 1. The first-order valence-corrected chi connectivity index (χ1v) is 6.62. The second kappa shape index (κ2) is 4.86. The summed E-state index contributed by atoms with van der Waals surface area (Å²) in [6, 6.07) is 4.04. The molecule has 0 saturated heterocycles. The first-order chi connectivity index (χ1) is 7.29. The highest BCUT2D eigenvalue weighted by molar-refractivity contribution is 8.06. The molecule has 0 aliphatic carbocycles. The van der Waals surface area contributed by atoms with Crippen molar-refractivity contribution in [3.8, 4) is 0 Å². The minimum absolute atomic E-state index is 0.845. The van der Waals surface area contributed by atoms with E-state index in [1.807, 2.05) is 25.3 Å². The van der Waals surface area contributed by atoms with E-state index in [1.165, 1.54) is 0 Å². The highest BCUT2D eigenvalue weighted by Gasteiger charge is 2.15. The van der Waals surface area contributed by atoms with Gasteiger partial charge in [-0.3, -0.25) is 4.79 Å². The highest BCUT2D eigenvalue weighted by atomic mass is 32.2. The summed E-state index contributed by atoms with van der Waals surface area (Å²) in [6.07, 6.45) is 2.82. The lowest BCUT2D eigenvalue weighted by atomic mass is 10.3. The molecule has 1 aromatic rings. The van der Waals surface area contributed by atoms with Crippen molar-refractivity contribution in [3.05, 3.63) is 34.4 Å². The maximum Gasteiger partial charge on any atom is 0.147 e. The van der Waals surface area contributed by atoms with Gasteiger partial charge in [-0.15, -0.1) is 0 Å². The standard InChI is InChI=1S/C11H11NOS2/c1-8-2-3-11(12-4-8)15-10-7-14-6-9(10)5-13/h2-5H,6-7H2,1H3. The van der Waals surface area contributed by atoms with Crippen molar-refractivity contribution in [3.63, 3.8) is 0 Å². The van der Waals surface area contributed by atoms with Crippen LogP contribution in [0.25, 0.3) is 0 Å². The summed E-state index contributed by atoms with van der Waals surface area (Å²) >= 11 is 3.39. The monoisotopic (exact) mass is 237 g/mol. The quantitative estimate of drug-likeness (QED) is 0.756. The first-order valence-electron chi connectivity index (χ1n) is 4.65. The molecule has 2 rings (SSSR count). The van der Waals surface area contributed by atoms with Crippen molar-refractivity contribution >= 4 is 29.8 Å². The molecule has 1 aliphatic rings. The number of thioether (sulfide) groups is 2. The molecule has 2 nitrogen and oxygen atoms in total. The minimum atomic E-state index is 0.845. The summed E-state index contributed by atoms with van der Waals surface area (Å²) < 4.78 is 0. The van der Waals surface area contributed by atoms with E-state index in [9.17, 15) is 4.79 Å². The number of carbonyl (C=O) groups excluding carboxylic acids is 1. The van der Waals surface area contributed by atoms with Gasteiger partial charge in [-0.1, -0.05) is 17.8 Å². The molecule has 0 amide bonds. The van der Waals surface area contributed by atoms with E-state index >= 15 is 0 Å². The molecule has 0 atom stereocenters. The molecule has 0 radical (unpaired) electrons. The number of hydrogen-bond acceptors (Lipinski definition) is 4. The molecular formula is C11H11NOS2. The van der Waals surface area contributed by atoms with Crippen LogP contribution in [-0.2, 0) is 4.79 Å². The van der Waals surface area contributed by atoms with E-state index in [0.717, 1.165) is 38.9 Å². The predicted octanol–water partition coefficient (Wildman–Crippen LogP) is 2.68. The molecule has 0 bridgehead atoms. The average molecular weight is 237 g/mol. The van der Waals surface area contributed by atoms with Gasteiger partial charge in [0.1, 0.15) is 11.3 Å². The lowest BCUT2D eigenvalue weighted by molar-refractivity contribution is -0.104. The Hall–Kier alpha value is -0.740. The second-order valence-electron chi connectivity index (χ2n) is 3.33. The van der Waals surface area contributed by atoms with Gasteiger partial charge < -0.3 is 0 Å². The maximum atomic E-state index is 10.8. The summed E-state index contributed by atoms with van der Waals surface area (Å²) in [5.41, 5.74) is 2.08. The number of rotatable bonds is 3. The number of aromatic nitrogens is 1. The van der Waals surface area contributed by atoms with Crippen LogP contribution in [0.1, 0.15) is 5.56 Å². The summed E-state index contributed by atoms with van der Waals surface area (Å²) in [4.78, 5) is 16.2. The fourth-order valence-electron chi connectivity index (χ4n) is 1.26. The molecule has 15 heavy (non-hydrogen) atoms. The van der Waals surface area contributed by atoms with Crippen LogP contribution in [-0.4, -0.2) is 22.8 Å². The first kappa shape index (κ1) is 10.8. The lowest BCUT2D eigenvalue weighted by Crippen LogP contribution is -1.88. The van der Waals surface area contributed by atoms with Crippen molar-refractivity contribution in [1.29, 1.82) is 0 Å². The number of hydrogen-bond donors (Lipinski definition) is 0. The fourth-order valence-corrected chi connectivity index (χ4v) is 3.52. The lowest BCUT2D eigenvalue weighted by Gasteiger charge is -2.01. The van der Waals surface area contributed by atoms with Crippen LogP contribution in [0.5, 0.6) is 0 Å². The topological polar surface area (TPSA) is 30.0 Å². The summed E-state index contributed by atoms with van der Waals surface area (Å²) in [6.45, 7) is 2.02. The Labute approximate surface area is 97.6 Å². The molecule has 0 saturated carbocycles. The Morgan fingerprint density at radius 2 is 2.33 bits per heavy atom. The molecule has 2 heterocycles. The third kappa shape index (κ3) is 2.63. The molecule has 1 aromatic heterocycles. The molecule has 0 unspecified atom stereocenters. The van der Waals surface area contributed by atoms with E-state index < -0.39 is 0 Å². The van der Waals surface area contributed by atoms with E-state index in [4.69, 9.17) is 0 Å². The van der Waals surface area contributed by atoms with E-state index in [2.05, 4.69) is 4.98 Å². The molecule has 4 heteroatoms. The summed E-state index contributed by atoms with van der Waals surface area (Å²) in [5.74, 6) is 1.78. The van der Waals surface area contributed by atoms with Crippen molar-refractivity contribution in [1.82, 2.24) is 4.98 Å². The van der Waals surface area contributed by atoms with Crippen LogP contribution in [0.15, 0.2) is 33.8 Å². The van der Waals surface area contributed by atoms with Gasteiger partial charge in [-0.05, 0) is 18.6 Å². The number of aryl methyl sites for hydroxylation is 1. The van der Waals surface area contributed by atoms with Crippen LogP contribution < -0.4 is 0 Å².